The minimum atomic E-state index is -0.500. The lowest BCUT2D eigenvalue weighted by Crippen LogP contribution is -2.40. The molecule has 10 rings (SSSR count). The minimum Gasteiger partial charge on any atom is -0.495 e. The summed E-state index contributed by atoms with van der Waals surface area (Å²) in [5, 5.41) is 17.6. The fourth-order valence-corrected chi connectivity index (χ4v) is 8.67. The maximum atomic E-state index is 13.7. The molecular weight excluding hydrogens is 871 g/mol. The van der Waals surface area contributed by atoms with E-state index in [-0.39, 0.29) is 23.4 Å². The lowest BCUT2D eigenvalue weighted by atomic mass is 9.99. The molecule has 2 atom stereocenters. The number of aryl methyl sites for hydroxylation is 2. The van der Waals surface area contributed by atoms with Crippen LogP contribution in [-0.2, 0) is 22.7 Å². The zero-order chi connectivity index (χ0) is 47.6. The molecule has 0 N–H and O–H groups in total. The second kappa shape index (κ2) is 19.1. The SMILES string of the molecule is COc1cc(-c2nnc3n2CCCN3C(=O)C(C)c2ccc(F)cc2)ccc1-n1cnc(C)c1.COc1cc(-c2nnc3n2CCCN3C(=O)C(C)c2cccc(F)c2)ccc1-n1cnc(C)c1. The molecule has 0 fully saturated rings. The number of fused-ring (bicyclic) bond motifs is 2. The number of aromatic nitrogens is 10. The summed E-state index contributed by atoms with van der Waals surface area (Å²) in [5.41, 5.74) is 6.64. The van der Waals surface area contributed by atoms with E-state index in [4.69, 9.17) is 9.47 Å². The van der Waals surface area contributed by atoms with E-state index in [0.717, 1.165) is 52.3 Å². The highest BCUT2D eigenvalue weighted by Crippen LogP contribution is 2.35. The van der Waals surface area contributed by atoms with E-state index in [0.29, 0.717) is 66.8 Å². The van der Waals surface area contributed by atoms with E-state index in [1.165, 1.54) is 24.3 Å². The number of ether oxygens (including phenoxy) is 2. The van der Waals surface area contributed by atoms with Crippen LogP contribution in [0.5, 0.6) is 11.5 Å². The summed E-state index contributed by atoms with van der Waals surface area (Å²) in [5.74, 6) is 1.90. The van der Waals surface area contributed by atoms with Gasteiger partial charge in [-0.25, -0.2) is 18.7 Å². The highest BCUT2D eigenvalue weighted by Gasteiger charge is 2.33. The van der Waals surface area contributed by atoms with Crippen LogP contribution in [0.2, 0.25) is 0 Å². The van der Waals surface area contributed by atoms with Crippen LogP contribution in [-0.4, -0.2) is 87.8 Å². The van der Waals surface area contributed by atoms with Crippen molar-refractivity contribution in [2.45, 2.75) is 65.5 Å². The van der Waals surface area contributed by atoms with Gasteiger partial charge in [0.1, 0.15) is 23.1 Å². The van der Waals surface area contributed by atoms with E-state index < -0.39 is 11.8 Å². The van der Waals surface area contributed by atoms with Crippen molar-refractivity contribution >= 4 is 23.7 Å². The van der Waals surface area contributed by atoms with Crippen LogP contribution in [0.25, 0.3) is 34.2 Å². The first-order chi connectivity index (χ1) is 32.9. The number of anilines is 2. The van der Waals surface area contributed by atoms with Gasteiger partial charge < -0.3 is 18.6 Å². The Hall–Kier alpha value is -8.02. The van der Waals surface area contributed by atoms with E-state index in [9.17, 15) is 18.4 Å². The summed E-state index contributed by atoms with van der Waals surface area (Å²) in [6, 6.07) is 23.9. The zero-order valence-electron chi connectivity index (χ0n) is 38.5. The molecule has 0 bridgehead atoms. The van der Waals surface area contributed by atoms with Gasteiger partial charge in [0.05, 0.1) is 61.5 Å². The number of hydrogen-bond acceptors (Lipinski definition) is 10. The lowest BCUT2D eigenvalue weighted by molar-refractivity contribution is -0.120. The van der Waals surface area contributed by atoms with Gasteiger partial charge in [-0.05, 0) is 112 Å². The first-order valence-corrected chi connectivity index (χ1v) is 22.3. The number of carbonyl (C=O) groups excluding carboxylic acids is 2. The molecular formula is C50H50F2N12O4. The average molecular weight is 921 g/mol. The molecule has 2 amide bonds. The van der Waals surface area contributed by atoms with Gasteiger partial charge in [0.15, 0.2) is 11.6 Å². The van der Waals surface area contributed by atoms with Crippen molar-refractivity contribution < 1.29 is 27.8 Å². The summed E-state index contributed by atoms with van der Waals surface area (Å²) in [6.07, 6.45) is 8.90. The van der Waals surface area contributed by atoms with Crippen LogP contribution in [0.15, 0.2) is 110 Å². The van der Waals surface area contributed by atoms with Gasteiger partial charge in [-0.1, -0.05) is 24.3 Å². The fraction of sp³-hybridized carbons (Fsp3) is 0.280. The van der Waals surface area contributed by atoms with E-state index in [1.807, 2.05) is 87.8 Å². The van der Waals surface area contributed by atoms with Crippen LogP contribution in [0.1, 0.15) is 61.0 Å². The molecule has 2 aliphatic heterocycles. The molecule has 0 saturated heterocycles. The molecule has 0 radical (unpaired) electrons. The summed E-state index contributed by atoms with van der Waals surface area (Å²) in [7, 11) is 3.25. The van der Waals surface area contributed by atoms with Crippen molar-refractivity contribution in [2.75, 3.05) is 37.1 Å². The van der Waals surface area contributed by atoms with Crippen molar-refractivity contribution in [1.82, 2.24) is 48.6 Å². The molecule has 16 nitrogen and oxygen atoms in total. The highest BCUT2D eigenvalue weighted by molar-refractivity contribution is 5.97. The largest absolute Gasteiger partial charge is 0.495 e. The number of amides is 2. The standard InChI is InChI=1S/2C25H25FN6O2/c1-16-14-30(15-27-16)21-10-7-19(13-22(21)34-3)23-28-29-25-31(23)11-4-12-32(25)24(33)17(2)18-5-8-20(26)9-6-18;1-16-14-30(15-27-16)21-9-8-19(13-22(21)34-3)23-28-29-25-31(23)10-5-11-32(25)24(33)17(2)18-6-4-7-20(26)12-18/h5-10,13-15,17H,4,11-12H2,1-3H3;4,6-9,12-15,17H,5,10-11H2,1-3H3. The Morgan fingerprint density at radius 1 is 0.574 bits per heavy atom. The lowest BCUT2D eigenvalue weighted by Gasteiger charge is -2.29. The Bertz CT molecular complexity index is 3120. The minimum absolute atomic E-state index is 0.0880. The predicted octanol–water partition coefficient (Wildman–Crippen LogP) is 8.25. The molecule has 18 heteroatoms. The first kappa shape index (κ1) is 45.1. The monoisotopic (exact) mass is 920 g/mol. The van der Waals surface area contributed by atoms with Gasteiger partial charge in [-0.2, -0.15) is 0 Å². The summed E-state index contributed by atoms with van der Waals surface area (Å²) in [6.45, 7) is 9.98. The first-order valence-electron chi connectivity index (χ1n) is 22.3. The number of carbonyl (C=O) groups is 2. The Morgan fingerprint density at radius 2 is 1.06 bits per heavy atom. The van der Waals surface area contributed by atoms with Crippen molar-refractivity contribution in [2.24, 2.45) is 0 Å². The fourth-order valence-electron chi connectivity index (χ4n) is 8.67. The Balaban J connectivity index is 0.000000170. The maximum Gasteiger partial charge on any atom is 0.236 e. The molecule has 348 valence electrons. The van der Waals surface area contributed by atoms with Gasteiger partial charge in [0.25, 0.3) is 0 Å². The number of rotatable bonds is 10. The second-order valence-corrected chi connectivity index (χ2v) is 16.8. The van der Waals surface area contributed by atoms with Gasteiger partial charge in [0, 0.05) is 49.7 Å². The Morgan fingerprint density at radius 3 is 1.50 bits per heavy atom. The smallest absolute Gasteiger partial charge is 0.236 e. The molecule has 8 aromatic rings. The van der Waals surface area contributed by atoms with Crippen molar-refractivity contribution in [3.63, 3.8) is 0 Å². The molecule has 0 aliphatic carbocycles. The number of hydrogen-bond donors (Lipinski definition) is 0. The summed E-state index contributed by atoms with van der Waals surface area (Å²) < 4.78 is 46.0. The van der Waals surface area contributed by atoms with Gasteiger partial charge in [0.2, 0.25) is 23.7 Å². The Labute approximate surface area is 391 Å². The molecule has 6 heterocycles. The number of benzene rings is 4. The molecule has 4 aromatic heterocycles. The van der Waals surface area contributed by atoms with Crippen molar-refractivity contribution in [1.29, 1.82) is 0 Å². The van der Waals surface area contributed by atoms with Crippen molar-refractivity contribution in [3.8, 4) is 45.6 Å². The van der Waals surface area contributed by atoms with Gasteiger partial charge in [-0.15, -0.1) is 20.4 Å². The van der Waals surface area contributed by atoms with Crippen LogP contribution in [0, 0.1) is 25.5 Å². The zero-order valence-corrected chi connectivity index (χ0v) is 38.5. The quantitative estimate of drug-likeness (QED) is 0.131. The van der Waals surface area contributed by atoms with Gasteiger partial charge in [-0.3, -0.25) is 28.5 Å². The summed E-state index contributed by atoms with van der Waals surface area (Å²) in [4.78, 5) is 38.5. The molecule has 68 heavy (non-hydrogen) atoms. The summed E-state index contributed by atoms with van der Waals surface area (Å²) >= 11 is 0. The Kier molecular flexibility index (Phi) is 12.7. The third kappa shape index (κ3) is 8.83. The van der Waals surface area contributed by atoms with Gasteiger partial charge >= 0.3 is 0 Å². The number of methoxy groups -OCH3 is 2. The van der Waals surface area contributed by atoms with Crippen LogP contribution < -0.4 is 19.3 Å². The number of nitrogens with zero attached hydrogens (tertiary/aromatic N) is 12. The third-order valence-corrected chi connectivity index (χ3v) is 12.3. The molecule has 2 aliphatic rings. The molecule has 2 unspecified atom stereocenters. The molecule has 4 aromatic carbocycles. The normalized spacial score (nSPS) is 14.1. The van der Waals surface area contributed by atoms with Crippen molar-refractivity contribution in [3.05, 3.63) is 144 Å². The number of halogens is 2. The highest BCUT2D eigenvalue weighted by atomic mass is 19.1. The van der Waals surface area contributed by atoms with Crippen LogP contribution >= 0.6 is 0 Å². The molecule has 0 saturated carbocycles. The topological polar surface area (TPSA) is 156 Å². The van der Waals surface area contributed by atoms with E-state index in [1.54, 1.807) is 67.9 Å². The van der Waals surface area contributed by atoms with Crippen LogP contribution in [0.3, 0.4) is 0 Å². The second-order valence-electron chi connectivity index (χ2n) is 16.8. The third-order valence-electron chi connectivity index (χ3n) is 12.3. The van der Waals surface area contributed by atoms with Crippen LogP contribution in [0.4, 0.5) is 20.7 Å². The predicted molar refractivity (Wildman–Crippen MR) is 251 cm³/mol. The average Bonchev–Trinajstić information content (AvgIpc) is 4.20. The van der Waals surface area contributed by atoms with E-state index >= 15 is 0 Å². The maximum absolute atomic E-state index is 13.7. The number of imidazole rings is 2. The molecule has 0 spiro atoms. The van der Waals surface area contributed by atoms with E-state index in [2.05, 4.69) is 30.4 Å².